The van der Waals surface area contributed by atoms with Crippen LogP contribution in [0, 0.1) is 5.92 Å². The van der Waals surface area contributed by atoms with Crippen LogP contribution < -0.4 is 38.9 Å². The number of unbranched alkanes of at least 4 members (excludes halogenated alkanes) is 1. The van der Waals surface area contributed by atoms with Gasteiger partial charge in [-0.15, -0.1) is 0 Å². The molecule has 0 aliphatic carbocycles. The molecule has 0 bridgehead atoms. The molecule has 0 aliphatic heterocycles. The van der Waals surface area contributed by atoms with E-state index in [1.165, 1.54) is 6.92 Å². The SMILES string of the molecule is CC(C)CC(N)C(=O)NC(C)C(=O)NC(CCCN=C(N)N)C(=O)NC(CCCCN)C(=O)O. The van der Waals surface area contributed by atoms with Crippen molar-refractivity contribution in [3.05, 3.63) is 0 Å². The molecule has 34 heavy (non-hydrogen) atoms. The summed E-state index contributed by atoms with van der Waals surface area (Å²) in [7, 11) is 0. The van der Waals surface area contributed by atoms with Crippen molar-refractivity contribution in [2.45, 2.75) is 83.5 Å². The Morgan fingerprint density at radius 2 is 1.44 bits per heavy atom. The molecule has 3 amide bonds. The van der Waals surface area contributed by atoms with Crippen molar-refractivity contribution in [1.82, 2.24) is 16.0 Å². The van der Waals surface area contributed by atoms with Gasteiger partial charge < -0.3 is 44.0 Å². The summed E-state index contributed by atoms with van der Waals surface area (Å²) in [6.45, 7) is 5.95. The third kappa shape index (κ3) is 13.6. The maximum absolute atomic E-state index is 12.8. The van der Waals surface area contributed by atoms with E-state index in [0.717, 1.165) is 0 Å². The minimum Gasteiger partial charge on any atom is -0.480 e. The Balaban J connectivity index is 5.22. The van der Waals surface area contributed by atoms with Gasteiger partial charge in [-0.1, -0.05) is 13.8 Å². The number of nitrogens with two attached hydrogens (primary N) is 4. The van der Waals surface area contributed by atoms with Gasteiger partial charge in [-0.2, -0.15) is 0 Å². The highest BCUT2D eigenvalue weighted by molar-refractivity contribution is 5.93. The minimum absolute atomic E-state index is 0.107. The van der Waals surface area contributed by atoms with Gasteiger partial charge in [0.15, 0.2) is 5.96 Å². The highest BCUT2D eigenvalue weighted by Gasteiger charge is 2.28. The van der Waals surface area contributed by atoms with Crippen molar-refractivity contribution < 1.29 is 24.3 Å². The predicted octanol–water partition coefficient (Wildman–Crippen LogP) is -1.90. The highest BCUT2D eigenvalue weighted by atomic mass is 16.4. The van der Waals surface area contributed by atoms with Gasteiger partial charge in [0.25, 0.3) is 0 Å². The third-order valence-electron chi connectivity index (χ3n) is 4.95. The molecule has 196 valence electrons. The normalized spacial score (nSPS) is 14.4. The largest absolute Gasteiger partial charge is 0.480 e. The van der Waals surface area contributed by atoms with Crippen molar-refractivity contribution in [1.29, 1.82) is 0 Å². The smallest absolute Gasteiger partial charge is 0.326 e. The number of carboxylic acids is 1. The summed E-state index contributed by atoms with van der Waals surface area (Å²) in [5.41, 5.74) is 21.9. The van der Waals surface area contributed by atoms with Crippen molar-refractivity contribution in [2.75, 3.05) is 13.1 Å². The van der Waals surface area contributed by atoms with Gasteiger partial charge >= 0.3 is 5.97 Å². The van der Waals surface area contributed by atoms with Gasteiger partial charge in [-0.3, -0.25) is 19.4 Å². The van der Waals surface area contributed by atoms with Crippen LogP contribution in [-0.2, 0) is 19.2 Å². The Labute approximate surface area is 200 Å². The Hall–Kier alpha value is -2.93. The summed E-state index contributed by atoms with van der Waals surface area (Å²) in [4.78, 5) is 53.1. The molecular weight excluding hydrogens is 444 g/mol. The summed E-state index contributed by atoms with van der Waals surface area (Å²) < 4.78 is 0. The number of guanidine groups is 1. The van der Waals surface area contributed by atoms with Gasteiger partial charge in [-0.05, 0) is 57.9 Å². The number of aliphatic imine (C=N–C) groups is 1. The zero-order chi connectivity index (χ0) is 26.3. The lowest BCUT2D eigenvalue weighted by Crippen LogP contribution is -2.56. The van der Waals surface area contributed by atoms with E-state index in [1.807, 2.05) is 13.8 Å². The number of aliphatic carboxylic acids is 1. The zero-order valence-electron chi connectivity index (χ0n) is 20.4. The Morgan fingerprint density at radius 3 is 1.97 bits per heavy atom. The first-order valence-corrected chi connectivity index (χ1v) is 11.5. The van der Waals surface area contributed by atoms with Gasteiger partial charge in [0.1, 0.15) is 18.1 Å². The van der Waals surface area contributed by atoms with Gasteiger partial charge in [0.05, 0.1) is 6.04 Å². The number of nitrogens with zero attached hydrogens (tertiary/aromatic N) is 1. The van der Waals surface area contributed by atoms with E-state index in [9.17, 15) is 24.3 Å². The first kappa shape index (κ1) is 31.1. The van der Waals surface area contributed by atoms with E-state index in [1.54, 1.807) is 0 Å². The maximum Gasteiger partial charge on any atom is 0.326 e. The molecule has 0 fully saturated rings. The third-order valence-corrected chi connectivity index (χ3v) is 4.95. The van der Waals surface area contributed by atoms with E-state index < -0.39 is 47.9 Å². The highest BCUT2D eigenvalue weighted by Crippen LogP contribution is 2.06. The lowest BCUT2D eigenvalue weighted by molar-refractivity contribution is -0.142. The fraction of sp³-hybridized carbons (Fsp3) is 0.762. The molecule has 4 atom stereocenters. The fourth-order valence-electron chi connectivity index (χ4n) is 3.09. The van der Waals surface area contributed by atoms with Crippen LogP contribution in [0.5, 0.6) is 0 Å². The summed E-state index contributed by atoms with van der Waals surface area (Å²) in [5, 5.41) is 17.0. The molecule has 0 aromatic rings. The van der Waals surface area contributed by atoms with Crippen LogP contribution in [0.15, 0.2) is 4.99 Å². The molecule has 0 aliphatic rings. The Bertz CT molecular complexity index is 697. The predicted molar refractivity (Wildman–Crippen MR) is 129 cm³/mol. The molecular formula is C21H42N8O5. The number of carboxylic acid groups (broad SMARTS) is 1. The monoisotopic (exact) mass is 486 g/mol. The molecule has 4 unspecified atom stereocenters. The summed E-state index contributed by atoms with van der Waals surface area (Å²) in [6.07, 6.45) is 2.30. The maximum atomic E-state index is 12.8. The second-order valence-electron chi connectivity index (χ2n) is 8.66. The number of hydrogen-bond acceptors (Lipinski definition) is 7. The summed E-state index contributed by atoms with van der Waals surface area (Å²) in [5.74, 6) is -2.83. The fourth-order valence-corrected chi connectivity index (χ4v) is 3.09. The van der Waals surface area contributed by atoms with Crippen molar-refractivity contribution in [3.63, 3.8) is 0 Å². The number of carbonyl (C=O) groups excluding carboxylic acids is 3. The second-order valence-corrected chi connectivity index (χ2v) is 8.66. The second kappa shape index (κ2) is 16.6. The molecule has 0 radical (unpaired) electrons. The van der Waals surface area contributed by atoms with Crippen LogP contribution in [0.1, 0.15) is 59.3 Å². The van der Waals surface area contributed by atoms with Crippen LogP contribution in [-0.4, -0.2) is 72.0 Å². The number of rotatable bonds is 17. The molecule has 0 rings (SSSR count). The van der Waals surface area contributed by atoms with Crippen LogP contribution in [0.4, 0.5) is 0 Å². The first-order chi connectivity index (χ1) is 15.9. The Kier molecular flexibility index (Phi) is 15.2. The molecule has 12 N–H and O–H groups in total. The van der Waals surface area contributed by atoms with E-state index in [2.05, 4.69) is 20.9 Å². The standard InChI is InChI=1S/C21H42N8O5/c1-12(2)11-14(23)18(31)27-13(3)17(30)28-15(8-6-10-26-21(24)25)19(32)29-16(20(33)34)7-4-5-9-22/h12-16H,4-11,22-23H2,1-3H3,(H,27,31)(H,28,30)(H,29,32)(H,33,34)(H4,24,25,26). The summed E-state index contributed by atoms with van der Waals surface area (Å²) in [6, 6.07) is -3.90. The van der Waals surface area contributed by atoms with E-state index in [0.29, 0.717) is 32.2 Å². The number of carbonyl (C=O) groups is 4. The molecule has 0 aromatic heterocycles. The molecule has 13 nitrogen and oxygen atoms in total. The van der Waals surface area contributed by atoms with Crippen molar-refractivity contribution in [3.8, 4) is 0 Å². The minimum atomic E-state index is -1.18. The zero-order valence-corrected chi connectivity index (χ0v) is 20.4. The number of hydrogen-bond donors (Lipinski definition) is 8. The number of nitrogens with one attached hydrogen (secondary N) is 3. The molecule has 0 heterocycles. The molecule has 13 heteroatoms. The quantitative estimate of drug-likeness (QED) is 0.0649. The Morgan fingerprint density at radius 1 is 0.853 bits per heavy atom. The average Bonchev–Trinajstić information content (AvgIpc) is 2.73. The van der Waals surface area contributed by atoms with Crippen molar-refractivity contribution in [2.24, 2.45) is 33.8 Å². The van der Waals surface area contributed by atoms with Gasteiger partial charge in [0.2, 0.25) is 17.7 Å². The topological polar surface area (TPSA) is 241 Å². The molecule has 0 aromatic carbocycles. The first-order valence-electron chi connectivity index (χ1n) is 11.5. The van der Waals surface area contributed by atoms with E-state index in [-0.39, 0.29) is 31.3 Å². The average molecular weight is 487 g/mol. The number of amides is 3. The van der Waals surface area contributed by atoms with Gasteiger partial charge in [-0.25, -0.2) is 4.79 Å². The van der Waals surface area contributed by atoms with Gasteiger partial charge in [0, 0.05) is 6.54 Å². The van der Waals surface area contributed by atoms with E-state index >= 15 is 0 Å². The van der Waals surface area contributed by atoms with E-state index in [4.69, 9.17) is 22.9 Å². The lowest BCUT2D eigenvalue weighted by atomic mass is 10.0. The molecule has 0 saturated heterocycles. The summed E-state index contributed by atoms with van der Waals surface area (Å²) >= 11 is 0. The van der Waals surface area contributed by atoms with Crippen LogP contribution in [0.25, 0.3) is 0 Å². The van der Waals surface area contributed by atoms with Crippen LogP contribution in [0.2, 0.25) is 0 Å². The van der Waals surface area contributed by atoms with Crippen molar-refractivity contribution >= 4 is 29.7 Å². The molecule has 0 saturated carbocycles. The van der Waals surface area contributed by atoms with Crippen LogP contribution >= 0.6 is 0 Å². The molecule has 0 spiro atoms. The van der Waals surface area contributed by atoms with Crippen LogP contribution in [0.3, 0.4) is 0 Å². The lowest BCUT2D eigenvalue weighted by Gasteiger charge is -2.24.